The number of thiocarbonyl (C=S) groups is 1. The Balaban J connectivity index is 2.01. The van der Waals surface area contributed by atoms with Gasteiger partial charge >= 0.3 is 0 Å². The van der Waals surface area contributed by atoms with Crippen LogP contribution in [-0.4, -0.2) is 21.9 Å². The highest BCUT2D eigenvalue weighted by molar-refractivity contribution is 9.13. The lowest BCUT2D eigenvalue weighted by molar-refractivity contribution is -0.113. The molecule has 1 heterocycles. The Hall–Kier alpha value is -1.35. The van der Waals surface area contributed by atoms with Crippen molar-refractivity contribution < 1.29 is 14.6 Å². The van der Waals surface area contributed by atoms with E-state index < -0.39 is 0 Å². The monoisotopic (exact) mass is 513 g/mol. The SMILES string of the molecule is CCOc1cc(/C=C2/SC(=S)N(c3ccccc3)C2=O)c(Br)c(Br)c1O. The van der Waals surface area contributed by atoms with Crippen LogP contribution in [0.25, 0.3) is 6.08 Å². The smallest absolute Gasteiger partial charge is 0.270 e. The summed E-state index contributed by atoms with van der Waals surface area (Å²) in [5.74, 6) is 0.167. The molecule has 1 fully saturated rings. The van der Waals surface area contributed by atoms with Crippen molar-refractivity contribution in [3.63, 3.8) is 0 Å². The third-order valence-corrected chi connectivity index (χ3v) is 7.03. The van der Waals surface area contributed by atoms with E-state index in [4.69, 9.17) is 17.0 Å². The fourth-order valence-electron chi connectivity index (χ4n) is 2.39. The van der Waals surface area contributed by atoms with Crippen LogP contribution in [0.4, 0.5) is 5.69 Å². The van der Waals surface area contributed by atoms with E-state index in [2.05, 4.69) is 31.9 Å². The van der Waals surface area contributed by atoms with Gasteiger partial charge in [-0.15, -0.1) is 0 Å². The molecule has 1 aliphatic rings. The minimum absolute atomic E-state index is 0.00714. The molecule has 1 saturated heterocycles. The molecule has 0 radical (unpaired) electrons. The van der Waals surface area contributed by atoms with Crippen molar-refractivity contribution in [1.82, 2.24) is 0 Å². The highest BCUT2D eigenvalue weighted by Crippen LogP contribution is 2.44. The summed E-state index contributed by atoms with van der Waals surface area (Å²) in [4.78, 5) is 14.8. The molecule has 0 atom stereocenters. The molecule has 26 heavy (non-hydrogen) atoms. The van der Waals surface area contributed by atoms with Gasteiger partial charge in [0.15, 0.2) is 15.8 Å². The number of ether oxygens (including phenoxy) is 1. The van der Waals surface area contributed by atoms with Crippen molar-refractivity contribution >= 4 is 77.8 Å². The summed E-state index contributed by atoms with van der Waals surface area (Å²) in [6.45, 7) is 2.25. The van der Waals surface area contributed by atoms with Gasteiger partial charge in [-0.25, -0.2) is 0 Å². The van der Waals surface area contributed by atoms with Gasteiger partial charge in [-0.1, -0.05) is 42.2 Å². The molecule has 2 aromatic carbocycles. The number of hydrogen-bond donors (Lipinski definition) is 1. The van der Waals surface area contributed by atoms with Gasteiger partial charge in [0, 0.05) is 4.47 Å². The first-order valence-electron chi connectivity index (χ1n) is 7.60. The molecular formula is C18H13Br2NO3S2. The molecule has 1 amide bonds. The van der Waals surface area contributed by atoms with Crippen molar-refractivity contribution in [2.45, 2.75) is 6.92 Å². The number of carbonyl (C=O) groups is 1. The maximum absolute atomic E-state index is 12.8. The van der Waals surface area contributed by atoms with Gasteiger partial charge in [-0.3, -0.25) is 9.69 Å². The Labute approximate surface area is 177 Å². The first-order valence-corrected chi connectivity index (χ1v) is 10.4. The summed E-state index contributed by atoms with van der Waals surface area (Å²) < 4.78 is 7.03. The van der Waals surface area contributed by atoms with E-state index >= 15 is 0 Å². The van der Waals surface area contributed by atoms with E-state index in [1.54, 1.807) is 12.1 Å². The highest BCUT2D eigenvalue weighted by atomic mass is 79.9. The van der Waals surface area contributed by atoms with Gasteiger partial charge in [-0.2, -0.15) is 0 Å². The third-order valence-electron chi connectivity index (χ3n) is 3.57. The van der Waals surface area contributed by atoms with E-state index in [0.29, 0.717) is 36.1 Å². The molecule has 2 aromatic rings. The van der Waals surface area contributed by atoms with Crippen LogP contribution in [-0.2, 0) is 4.79 Å². The highest BCUT2D eigenvalue weighted by Gasteiger charge is 2.33. The third kappa shape index (κ3) is 3.69. The number of amides is 1. The fraction of sp³-hybridized carbons (Fsp3) is 0.111. The lowest BCUT2D eigenvalue weighted by atomic mass is 10.1. The lowest BCUT2D eigenvalue weighted by Gasteiger charge is -2.14. The van der Waals surface area contributed by atoms with E-state index in [1.165, 1.54) is 16.7 Å². The molecule has 0 unspecified atom stereocenters. The molecule has 3 rings (SSSR count). The van der Waals surface area contributed by atoms with E-state index in [1.807, 2.05) is 37.3 Å². The molecule has 1 aliphatic heterocycles. The Kier molecular flexibility index (Phi) is 6.06. The predicted octanol–water partition coefficient (Wildman–Crippen LogP) is 5.72. The normalized spacial score (nSPS) is 15.8. The Morgan fingerprint density at radius 1 is 1.27 bits per heavy atom. The number of para-hydroxylation sites is 1. The number of phenolic OH excluding ortho intramolecular Hbond substituents is 1. The number of benzene rings is 2. The summed E-state index contributed by atoms with van der Waals surface area (Å²) in [5.41, 5.74) is 1.44. The van der Waals surface area contributed by atoms with Crippen LogP contribution >= 0.6 is 55.8 Å². The second-order valence-corrected chi connectivity index (χ2v) is 8.49. The summed E-state index contributed by atoms with van der Waals surface area (Å²) in [7, 11) is 0. The summed E-state index contributed by atoms with van der Waals surface area (Å²) in [6, 6.07) is 11.0. The topological polar surface area (TPSA) is 49.8 Å². The summed E-state index contributed by atoms with van der Waals surface area (Å²) in [6.07, 6.45) is 1.74. The van der Waals surface area contributed by atoms with Crippen LogP contribution in [0.2, 0.25) is 0 Å². The van der Waals surface area contributed by atoms with Crippen molar-refractivity contribution in [1.29, 1.82) is 0 Å². The second kappa shape index (κ2) is 8.12. The standard InChI is InChI=1S/C18H13Br2NO3S2/c1-2-24-12-8-10(14(19)15(20)16(12)22)9-13-17(23)21(18(25)26-13)11-6-4-3-5-7-11/h3-9,22H,2H2,1H3/b13-9+. The van der Waals surface area contributed by atoms with Gasteiger partial charge in [0.1, 0.15) is 0 Å². The van der Waals surface area contributed by atoms with E-state index in [0.717, 1.165) is 5.69 Å². The first-order chi connectivity index (χ1) is 12.4. The number of anilines is 1. The average molecular weight is 515 g/mol. The number of carbonyl (C=O) groups excluding carboxylic acids is 1. The zero-order valence-corrected chi connectivity index (χ0v) is 18.3. The number of rotatable bonds is 4. The molecule has 0 bridgehead atoms. The van der Waals surface area contributed by atoms with Gasteiger partial charge in [-0.05, 0) is 68.6 Å². The maximum Gasteiger partial charge on any atom is 0.270 e. The summed E-state index contributed by atoms with van der Waals surface area (Å²) >= 11 is 13.4. The quantitative estimate of drug-likeness (QED) is 0.417. The number of halogens is 2. The second-order valence-electron chi connectivity index (χ2n) is 5.23. The molecule has 0 aromatic heterocycles. The van der Waals surface area contributed by atoms with Gasteiger partial charge in [0.05, 0.1) is 21.7 Å². The molecular weight excluding hydrogens is 502 g/mol. The summed E-state index contributed by atoms with van der Waals surface area (Å²) in [5, 5.41) is 10.2. The average Bonchev–Trinajstić information content (AvgIpc) is 2.91. The minimum atomic E-state index is -0.180. The number of phenols is 1. The lowest BCUT2D eigenvalue weighted by Crippen LogP contribution is -2.27. The minimum Gasteiger partial charge on any atom is -0.503 e. The molecule has 0 saturated carbocycles. The Morgan fingerprint density at radius 3 is 2.62 bits per heavy atom. The largest absolute Gasteiger partial charge is 0.503 e. The fourth-order valence-corrected chi connectivity index (χ4v) is 4.52. The number of nitrogens with zero attached hydrogens (tertiary/aromatic N) is 1. The van der Waals surface area contributed by atoms with E-state index in [9.17, 15) is 9.90 Å². The number of aromatic hydroxyl groups is 1. The molecule has 8 heteroatoms. The number of thioether (sulfide) groups is 1. The van der Waals surface area contributed by atoms with Crippen molar-refractivity contribution in [3.8, 4) is 11.5 Å². The zero-order chi connectivity index (χ0) is 18.8. The van der Waals surface area contributed by atoms with Crippen LogP contribution in [0.15, 0.2) is 50.2 Å². The molecule has 1 N–H and O–H groups in total. The van der Waals surface area contributed by atoms with Crippen LogP contribution in [0, 0.1) is 0 Å². The van der Waals surface area contributed by atoms with Crippen molar-refractivity contribution in [2.75, 3.05) is 11.5 Å². The van der Waals surface area contributed by atoms with Gasteiger partial charge in [0.25, 0.3) is 5.91 Å². The Bertz CT molecular complexity index is 916. The molecule has 134 valence electrons. The maximum atomic E-state index is 12.8. The molecule has 0 aliphatic carbocycles. The Morgan fingerprint density at radius 2 is 1.96 bits per heavy atom. The molecule has 0 spiro atoms. The number of hydrogen-bond acceptors (Lipinski definition) is 5. The van der Waals surface area contributed by atoms with Crippen molar-refractivity contribution in [2.24, 2.45) is 0 Å². The van der Waals surface area contributed by atoms with Crippen LogP contribution in [0.3, 0.4) is 0 Å². The molecule has 4 nitrogen and oxygen atoms in total. The predicted molar refractivity (Wildman–Crippen MR) is 117 cm³/mol. The first kappa shape index (κ1) is 19.4. The van der Waals surface area contributed by atoms with Gasteiger partial charge in [0.2, 0.25) is 0 Å². The van der Waals surface area contributed by atoms with Crippen LogP contribution < -0.4 is 9.64 Å². The zero-order valence-electron chi connectivity index (χ0n) is 13.5. The van der Waals surface area contributed by atoms with Crippen LogP contribution in [0.5, 0.6) is 11.5 Å². The van der Waals surface area contributed by atoms with E-state index in [-0.39, 0.29) is 11.7 Å². The van der Waals surface area contributed by atoms with Gasteiger partial charge < -0.3 is 9.84 Å². The van der Waals surface area contributed by atoms with Crippen molar-refractivity contribution in [3.05, 3.63) is 55.8 Å². The van der Waals surface area contributed by atoms with Crippen LogP contribution in [0.1, 0.15) is 12.5 Å².